The molecule has 0 spiro atoms. The summed E-state index contributed by atoms with van der Waals surface area (Å²) in [5.74, 6) is -0.249. The maximum Gasteiger partial charge on any atom is 0.312 e. The van der Waals surface area contributed by atoms with Gasteiger partial charge in [0.15, 0.2) is 0 Å². The van der Waals surface area contributed by atoms with Gasteiger partial charge in [0.25, 0.3) is 0 Å². The second kappa shape index (κ2) is 6.05. The minimum absolute atomic E-state index is 0.249. The standard InChI is InChI=1S/C8H15N3O2/c1-3-4-5-10-7(12)6(2)11-8(9)13/h3,6H,1,4-5H2,2H3,(H,10,12)(H3,9,11,13). The average molecular weight is 185 g/mol. The van der Waals surface area contributed by atoms with E-state index in [0.717, 1.165) is 0 Å². The van der Waals surface area contributed by atoms with E-state index in [4.69, 9.17) is 5.73 Å². The van der Waals surface area contributed by atoms with Crippen LogP contribution >= 0.6 is 0 Å². The molecule has 0 saturated heterocycles. The minimum atomic E-state index is -0.702. The molecule has 0 aliphatic heterocycles. The van der Waals surface area contributed by atoms with E-state index < -0.39 is 12.1 Å². The maximum absolute atomic E-state index is 11.1. The quantitative estimate of drug-likeness (QED) is 0.407. The van der Waals surface area contributed by atoms with Gasteiger partial charge in [-0.15, -0.1) is 6.58 Å². The van der Waals surface area contributed by atoms with Crippen LogP contribution in [-0.2, 0) is 4.79 Å². The van der Waals surface area contributed by atoms with Crippen LogP contribution in [0.5, 0.6) is 0 Å². The molecule has 3 amide bonds. The maximum atomic E-state index is 11.1. The SMILES string of the molecule is C=CCCNC(=O)C(C)NC(N)=O. The third-order valence-corrected chi connectivity index (χ3v) is 1.40. The number of hydrogen-bond acceptors (Lipinski definition) is 2. The molecule has 74 valence electrons. The van der Waals surface area contributed by atoms with Crippen molar-refractivity contribution in [2.45, 2.75) is 19.4 Å². The van der Waals surface area contributed by atoms with Crippen molar-refractivity contribution in [1.29, 1.82) is 0 Å². The molecule has 0 rings (SSSR count). The summed E-state index contributed by atoms with van der Waals surface area (Å²) in [5.41, 5.74) is 4.84. The van der Waals surface area contributed by atoms with Crippen molar-refractivity contribution in [3.05, 3.63) is 12.7 Å². The van der Waals surface area contributed by atoms with Crippen LogP contribution in [0.4, 0.5) is 4.79 Å². The number of rotatable bonds is 5. The molecule has 0 bridgehead atoms. The fraction of sp³-hybridized carbons (Fsp3) is 0.500. The van der Waals surface area contributed by atoms with E-state index in [-0.39, 0.29) is 5.91 Å². The van der Waals surface area contributed by atoms with E-state index in [1.807, 2.05) is 0 Å². The van der Waals surface area contributed by atoms with Crippen molar-refractivity contribution in [3.8, 4) is 0 Å². The van der Waals surface area contributed by atoms with Crippen LogP contribution in [0.2, 0.25) is 0 Å². The summed E-state index contributed by atoms with van der Waals surface area (Å²) < 4.78 is 0. The highest BCUT2D eigenvalue weighted by Crippen LogP contribution is 1.82. The number of hydrogen-bond donors (Lipinski definition) is 3. The zero-order chi connectivity index (χ0) is 10.3. The van der Waals surface area contributed by atoms with Crippen molar-refractivity contribution in [2.75, 3.05) is 6.54 Å². The number of carbonyl (C=O) groups is 2. The molecule has 4 N–H and O–H groups in total. The second-order valence-electron chi connectivity index (χ2n) is 2.60. The van der Waals surface area contributed by atoms with Gasteiger partial charge in [0.1, 0.15) is 6.04 Å². The number of nitrogens with two attached hydrogens (primary N) is 1. The van der Waals surface area contributed by atoms with E-state index in [2.05, 4.69) is 17.2 Å². The lowest BCUT2D eigenvalue weighted by Gasteiger charge is -2.11. The highest BCUT2D eigenvalue weighted by atomic mass is 16.2. The number of carbonyl (C=O) groups excluding carboxylic acids is 2. The highest BCUT2D eigenvalue weighted by Gasteiger charge is 2.12. The molecule has 0 saturated carbocycles. The average Bonchev–Trinajstić information content (AvgIpc) is 2.03. The molecule has 1 atom stereocenters. The van der Waals surface area contributed by atoms with Gasteiger partial charge in [-0.2, -0.15) is 0 Å². The van der Waals surface area contributed by atoms with Crippen molar-refractivity contribution >= 4 is 11.9 Å². The summed E-state index contributed by atoms with van der Waals surface area (Å²) in [6, 6.07) is -1.30. The van der Waals surface area contributed by atoms with Crippen LogP contribution in [0.25, 0.3) is 0 Å². The zero-order valence-electron chi connectivity index (χ0n) is 7.67. The monoisotopic (exact) mass is 185 g/mol. The van der Waals surface area contributed by atoms with Gasteiger partial charge in [-0.3, -0.25) is 4.79 Å². The minimum Gasteiger partial charge on any atom is -0.354 e. The second-order valence-corrected chi connectivity index (χ2v) is 2.60. The molecule has 0 aliphatic rings. The van der Waals surface area contributed by atoms with E-state index in [1.165, 1.54) is 0 Å². The Morgan fingerprint density at radius 2 is 2.23 bits per heavy atom. The Balaban J connectivity index is 3.69. The first-order chi connectivity index (χ1) is 6.07. The molecule has 0 fully saturated rings. The zero-order valence-corrected chi connectivity index (χ0v) is 7.67. The molecule has 5 heteroatoms. The summed E-state index contributed by atoms with van der Waals surface area (Å²) in [6.07, 6.45) is 2.40. The van der Waals surface area contributed by atoms with Gasteiger partial charge in [-0.05, 0) is 13.3 Å². The van der Waals surface area contributed by atoms with Crippen molar-refractivity contribution in [1.82, 2.24) is 10.6 Å². The lowest BCUT2D eigenvalue weighted by atomic mass is 10.3. The lowest BCUT2D eigenvalue weighted by molar-refractivity contribution is -0.122. The van der Waals surface area contributed by atoms with Crippen LogP contribution < -0.4 is 16.4 Å². The first-order valence-electron chi connectivity index (χ1n) is 4.02. The van der Waals surface area contributed by atoms with Gasteiger partial charge < -0.3 is 16.4 Å². The third-order valence-electron chi connectivity index (χ3n) is 1.40. The molecule has 13 heavy (non-hydrogen) atoms. The fourth-order valence-corrected chi connectivity index (χ4v) is 0.729. The third kappa shape index (κ3) is 5.72. The molecule has 1 unspecified atom stereocenters. The first-order valence-corrected chi connectivity index (χ1v) is 4.02. The van der Waals surface area contributed by atoms with Gasteiger partial charge in [0.2, 0.25) is 5.91 Å². The summed E-state index contributed by atoms with van der Waals surface area (Å²) >= 11 is 0. The number of nitrogens with one attached hydrogen (secondary N) is 2. The van der Waals surface area contributed by atoms with Crippen LogP contribution in [-0.4, -0.2) is 24.5 Å². The number of primary amides is 1. The summed E-state index contributed by atoms with van der Waals surface area (Å²) in [5, 5.41) is 4.88. The van der Waals surface area contributed by atoms with Crippen LogP contribution in [0, 0.1) is 0 Å². The van der Waals surface area contributed by atoms with Crippen molar-refractivity contribution in [2.24, 2.45) is 5.73 Å². The van der Waals surface area contributed by atoms with Gasteiger partial charge >= 0.3 is 6.03 Å². The Hall–Kier alpha value is -1.52. The Morgan fingerprint density at radius 1 is 1.62 bits per heavy atom. The normalized spacial score (nSPS) is 11.5. The number of amides is 3. The molecule has 0 radical (unpaired) electrons. The van der Waals surface area contributed by atoms with Crippen LogP contribution in [0.1, 0.15) is 13.3 Å². The Bertz CT molecular complexity index is 204. The molecule has 0 aliphatic carbocycles. The highest BCUT2D eigenvalue weighted by molar-refractivity contribution is 5.86. The molecule has 0 heterocycles. The Labute approximate surface area is 77.4 Å². The largest absolute Gasteiger partial charge is 0.354 e. The Morgan fingerprint density at radius 3 is 2.69 bits per heavy atom. The van der Waals surface area contributed by atoms with Crippen LogP contribution in [0.3, 0.4) is 0 Å². The van der Waals surface area contributed by atoms with Gasteiger partial charge in [-0.25, -0.2) is 4.79 Å². The predicted molar refractivity (Wildman–Crippen MR) is 50.0 cm³/mol. The van der Waals surface area contributed by atoms with E-state index in [0.29, 0.717) is 13.0 Å². The van der Waals surface area contributed by atoms with Crippen LogP contribution in [0.15, 0.2) is 12.7 Å². The topological polar surface area (TPSA) is 84.2 Å². The van der Waals surface area contributed by atoms with Gasteiger partial charge in [-0.1, -0.05) is 6.08 Å². The molecule has 0 aromatic rings. The van der Waals surface area contributed by atoms with Gasteiger partial charge in [0.05, 0.1) is 0 Å². The summed E-state index contributed by atoms with van der Waals surface area (Å²) in [7, 11) is 0. The van der Waals surface area contributed by atoms with E-state index >= 15 is 0 Å². The Kier molecular flexibility index (Phi) is 5.34. The fourth-order valence-electron chi connectivity index (χ4n) is 0.729. The van der Waals surface area contributed by atoms with Crippen molar-refractivity contribution in [3.63, 3.8) is 0 Å². The summed E-state index contributed by atoms with van der Waals surface area (Å²) in [4.78, 5) is 21.5. The molecular formula is C8H15N3O2. The van der Waals surface area contributed by atoms with Crippen molar-refractivity contribution < 1.29 is 9.59 Å². The van der Waals surface area contributed by atoms with E-state index in [9.17, 15) is 9.59 Å². The first kappa shape index (κ1) is 11.5. The van der Waals surface area contributed by atoms with E-state index in [1.54, 1.807) is 13.0 Å². The predicted octanol–water partition coefficient (Wildman–Crippen LogP) is -0.264. The number of urea groups is 1. The summed E-state index contributed by atoms with van der Waals surface area (Å²) in [6.45, 7) is 5.59. The lowest BCUT2D eigenvalue weighted by Crippen LogP contribution is -2.46. The molecule has 5 nitrogen and oxygen atoms in total. The molecule has 0 aromatic carbocycles. The smallest absolute Gasteiger partial charge is 0.312 e. The van der Waals surface area contributed by atoms with Gasteiger partial charge in [0, 0.05) is 6.54 Å². The molecular weight excluding hydrogens is 170 g/mol. The molecule has 0 aromatic heterocycles.